The Hall–Kier alpha value is -0.680. The van der Waals surface area contributed by atoms with E-state index in [0.29, 0.717) is 0 Å². The lowest BCUT2D eigenvalue weighted by molar-refractivity contribution is 0.254. The van der Waals surface area contributed by atoms with Gasteiger partial charge in [0.2, 0.25) is 5.13 Å². The Morgan fingerprint density at radius 1 is 1.29 bits per heavy atom. The molecule has 2 fully saturated rings. The predicted octanol–water partition coefficient (Wildman–Crippen LogP) is 1.77. The van der Waals surface area contributed by atoms with Crippen LogP contribution in [-0.2, 0) is 6.42 Å². The van der Waals surface area contributed by atoms with Gasteiger partial charge < -0.3 is 4.90 Å². The molecule has 0 N–H and O–H groups in total. The first-order valence-corrected chi connectivity index (χ1v) is 7.34. The first-order chi connectivity index (χ1) is 8.28. The molecule has 17 heavy (non-hydrogen) atoms. The van der Waals surface area contributed by atoms with Gasteiger partial charge in [0.05, 0.1) is 0 Å². The van der Waals surface area contributed by atoms with Crippen molar-refractivity contribution in [2.75, 3.05) is 25.0 Å². The monoisotopic (exact) mass is 252 g/mol. The zero-order valence-electron chi connectivity index (χ0n) is 10.6. The highest BCUT2D eigenvalue weighted by Gasteiger charge is 2.35. The number of rotatable bonds is 2. The zero-order chi connectivity index (χ0) is 11.8. The highest BCUT2D eigenvalue weighted by Crippen LogP contribution is 2.31. The summed E-state index contributed by atoms with van der Waals surface area (Å²) in [5.41, 5.74) is 0. The molecule has 0 spiro atoms. The van der Waals surface area contributed by atoms with Crippen molar-refractivity contribution in [2.24, 2.45) is 0 Å². The van der Waals surface area contributed by atoms with E-state index in [2.05, 4.69) is 33.1 Å². The van der Waals surface area contributed by atoms with Gasteiger partial charge in [-0.05, 0) is 26.3 Å². The minimum absolute atomic E-state index is 0.719. The van der Waals surface area contributed by atoms with E-state index in [1.807, 2.05) is 0 Å². The maximum absolute atomic E-state index is 4.62. The van der Waals surface area contributed by atoms with Crippen molar-refractivity contribution < 1.29 is 0 Å². The zero-order valence-corrected chi connectivity index (χ0v) is 11.4. The Morgan fingerprint density at radius 3 is 2.88 bits per heavy atom. The van der Waals surface area contributed by atoms with E-state index in [4.69, 9.17) is 0 Å². The molecule has 0 radical (unpaired) electrons. The number of hydrogen-bond acceptors (Lipinski definition) is 5. The number of likely N-dealkylation sites (N-methyl/N-ethyl adjacent to an activating group) is 1. The lowest BCUT2D eigenvalue weighted by Gasteiger charge is -2.24. The topological polar surface area (TPSA) is 32.3 Å². The third kappa shape index (κ3) is 2.06. The second kappa shape index (κ2) is 4.53. The Kier molecular flexibility index (Phi) is 3.04. The van der Waals surface area contributed by atoms with E-state index in [0.717, 1.165) is 42.5 Å². The van der Waals surface area contributed by atoms with Crippen LogP contribution in [0.2, 0.25) is 0 Å². The second-order valence-corrected chi connectivity index (χ2v) is 5.86. The molecule has 4 nitrogen and oxygen atoms in total. The van der Waals surface area contributed by atoms with Crippen molar-refractivity contribution in [3.8, 4) is 0 Å². The molecule has 0 saturated carbocycles. The quantitative estimate of drug-likeness (QED) is 0.803. The molecular weight excluding hydrogens is 232 g/mol. The maximum Gasteiger partial charge on any atom is 0.205 e. The highest BCUT2D eigenvalue weighted by atomic mass is 32.1. The third-order valence-electron chi connectivity index (χ3n) is 4.19. The Labute approximate surface area is 107 Å². The summed E-state index contributed by atoms with van der Waals surface area (Å²) in [7, 11) is 2.28. The molecule has 0 amide bonds. The lowest BCUT2D eigenvalue weighted by atomic mass is 10.1. The van der Waals surface area contributed by atoms with E-state index >= 15 is 0 Å². The summed E-state index contributed by atoms with van der Waals surface area (Å²) in [5.74, 6) is 0.993. The summed E-state index contributed by atoms with van der Waals surface area (Å²) < 4.78 is 4.40. The summed E-state index contributed by atoms with van der Waals surface area (Å²) in [4.78, 5) is 9.63. The van der Waals surface area contributed by atoms with E-state index in [9.17, 15) is 0 Å². The second-order valence-electron chi connectivity index (χ2n) is 5.13. The standard InChI is InChI=1S/C12H20N4S/c1-3-11-13-12(17-14-11)16-7-6-9-4-5-10(8-16)15(9)2/h9-10H,3-8H2,1-2H3/t9-,10+/m1/s1. The van der Waals surface area contributed by atoms with Crippen LogP contribution in [0, 0.1) is 0 Å². The van der Waals surface area contributed by atoms with Crippen LogP contribution >= 0.6 is 11.5 Å². The van der Waals surface area contributed by atoms with Crippen LogP contribution < -0.4 is 4.90 Å². The molecule has 2 bridgehead atoms. The number of anilines is 1. The summed E-state index contributed by atoms with van der Waals surface area (Å²) >= 11 is 1.56. The van der Waals surface area contributed by atoms with Gasteiger partial charge in [-0.25, -0.2) is 4.98 Å². The van der Waals surface area contributed by atoms with Crippen LogP contribution in [0.3, 0.4) is 0 Å². The normalized spacial score (nSPS) is 29.6. The molecule has 0 aromatic carbocycles. The van der Waals surface area contributed by atoms with Crippen LogP contribution in [-0.4, -0.2) is 46.5 Å². The highest BCUT2D eigenvalue weighted by molar-refractivity contribution is 7.09. The van der Waals surface area contributed by atoms with Crippen LogP contribution in [0.5, 0.6) is 0 Å². The van der Waals surface area contributed by atoms with Gasteiger partial charge in [-0.1, -0.05) is 6.92 Å². The molecule has 2 aliphatic rings. The molecule has 5 heteroatoms. The average Bonchev–Trinajstić information content (AvgIpc) is 2.86. The minimum atomic E-state index is 0.719. The van der Waals surface area contributed by atoms with Gasteiger partial charge in [0.15, 0.2) is 0 Å². The molecule has 2 atom stereocenters. The lowest BCUT2D eigenvalue weighted by Crippen LogP contribution is -2.36. The van der Waals surface area contributed by atoms with Crippen LogP contribution in [0.15, 0.2) is 0 Å². The van der Waals surface area contributed by atoms with Gasteiger partial charge in [0.25, 0.3) is 0 Å². The molecule has 2 aliphatic heterocycles. The van der Waals surface area contributed by atoms with Crippen LogP contribution in [0.4, 0.5) is 5.13 Å². The van der Waals surface area contributed by atoms with Gasteiger partial charge in [-0.2, -0.15) is 4.37 Å². The number of nitrogens with zero attached hydrogens (tertiary/aromatic N) is 4. The number of fused-ring (bicyclic) bond motifs is 2. The van der Waals surface area contributed by atoms with Crippen molar-refractivity contribution in [3.05, 3.63) is 5.82 Å². The van der Waals surface area contributed by atoms with E-state index in [1.54, 1.807) is 11.5 Å². The number of aryl methyl sites for hydroxylation is 1. The van der Waals surface area contributed by atoms with Crippen molar-refractivity contribution in [2.45, 2.75) is 44.7 Å². The molecule has 0 aliphatic carbocycles. The minimum Gasteiger partial charge on any atom is -0.345 e. The first-order valence-electron chi connectivity index (χ1n) is 6.57. The Bertz CT molecular complexity index is 392. The maximum atomic E-state index is 4.62. The van der Waals surface area contributed by atoms with Gasteiger partial charge in [-0.15, -0.1) is 0 Å². The summed E-state index contributed by atoms with van der Waals surface area (Å²) in [5, 5.41) is 1.13. The fourth-order valence-electron chi connectivity index (χ4n) is 3.00. The van der Waals surface area contributed by atoms with Gasteiger partial charge in [0.1, 0.15) is 5.82 Å². The summed E-state index contributed by atoms with van der Waals surface area (Å²) in [6.07, 6.45) is 4.94. The SMILES string of the molecule is CCc1nsc(N2CC[C@H]3CC[C@@H](C2)N3C)n1. The van der Waals surface area contributed by atoms with Crippen LogP contribution in [0.25, 0.3) is 0 Å². The fourth-order valence-corrected chi connectivity index (χ4v) is 3.78. The fraction of sp³-hybridized carbons (Fsp3) is 0.833. The molecule has 1 aromatic rings. The smallest absolute Gasteiger partial charge is 0.205 e. The third-order valence-corrected chi connectivity index (χ3v) is 5.01. The molecule has 3 heterocycles. The van der Waals surface area contributed by atoms with Gasteiger partial charge >= 0.3 is 0 Å². The van der Waals surface area contributed by atoms with Crippen LogP contribution in [0.1, 0.15) is 32.0 Å². The van der Waals surface area contributed by atoms with Crippen molar-refractivity contribution in [1.29, 1.82) is 0 Å². The Balaban J connectivity index is 1.76. The van der Waals surface area contributed by atoms with Crippen molar-refractivity contribution in [3.63, 3.8) is 0 Å². The largest absolute Gasteiger partial charge is 0.345 e. The van der Waals surface area contributed by atoms with E-state index in [1.165, 1.54) is 19.3 Å². The molecular formula is C12H20N4S. The summed E-state index contributed by atoms with van der Waals surface area (Å²) in [6, 6.07) is 1.51. The number of hydrogen-bond donors (Lipinski definition) is 0. The van der Waals surface area contributed by atoms with Crippen molar-refractivity contribution >= 4 is 16.7 Å². The molecule has 1 aromatic heterocycles. The molecule has 2 saturated heterocycles. The van der Waals surface area contributed by atoms with Crippen molar-refractivity contribution in [1.82, 2.24) is 14.3 Å². The van der Waals surface area contributed by atoms with E-state index < -0.39 is 0 Å². The van der Waals surface area contributed by atoms with Gasteiger partial charge in [-0.3, -0.25) is 4.90 Å². The molecule has 0 unspecified atom stereocenters. The average molecular weight is 252 g/mol. The number of aromatic nitrogens is 2. The molecule has 3 rings (SSSR count). The molecule has 94 valence electrons. The van der Waals surface area contributed by atoms with E-state index in [-0.39, 0.29) is 0 Å². The predicted molar refractivity (Wildman–Crippen MR) is 70.7 cm³/mol. The van der Waals surface area contributed by atoms with Gasteiger partial charge in [0, 0.05) is 43.1 Å². The first kappa shape index (κ1) is 11.4. The summed E-state index contributed by atoms with van der Waals surface area (Å²) in [6.45, 7) is 4.39. The Morgan fingerprint density at radius 2 is 2.12 bits per heavy atom.